The maximum absolute atomic E-state index is 13.6. The maximum Gasteiger partial charge on any atom is 0.165 e. The topological polar surface area (TPSA) is 44.5 Å². The minimum atomic E-state index is -0.413. The van der Waals surface area contributed by atoms with E-state index >= 15 is 0 Å². The molecular weight excluding hydrogens is 257 g/mol. The number of benzene rings is 2. The van der Waals surface area contributed by atoms with E-state index < -0.39 is 5.82 Å². The van der Waals surface area contributed by atoms with E-state index in [1.54, 1.807) is 12.1 Å². The molecule has 0 spiro atoms. The fraction of sp³-hybridized carbons (Fsp3) is 0.250. The molecule has 2 aromatic rings. The van der Waals surface area contributed by atoms with Crippen LogP contribution in [0.3, 0.4) is 0 Å². The van der Waals surface area contributed by atoms with E-state index in [1.165, 1.54) is 13.2 Å². The zero-order valence-corrected chi connectivity index (χ0v) is 11.4. The summed E-state index contributed by atoms with van der Waals surface area (Å²) in [4.78, 5) is 0. The van der Waals surface area contributed by atoms with Crippen LogP contribution in [0.5, 0.6) is 5.75 Å². The molecule has 0 saturated carbocycles. The van der Waals surface area contributed by atoms with Gasteiger partial charge in [0.15, 0.2) is 11.6 Å². The molecule has 0 fully saturated rings. The van der Waals surface area contributed by atoms with E-state index in [1.807, 2.05) is 30.3 Å². The summed E-state index contributed by atoms with van der Waals surface area (Å²) in [5.74, 6) is -0.199. The van der Waals surface area contributed by atoms with Crippen LogP contribution in [-0.2, 0) is 11.3 Å². The first-order valence-corrected chi connectivity index (χ1v) is 6.41. The van der Waals surface area contributed by atoms with Crippen molar-refractivity contribution in [3.05, 3.63) is 65.5 Å². The number of nitrogens with two attached hydrogens (primary N) is 1. The molecule has 4 heteroatoms. The SMILES string of the molecule is COc1ccc(C(N)COCc2ccccc2)cc1F. The van der Waals surface area contributed by atoms with Crippen LogP contribution >= 0.6 is 0 Å². The Balaban J connectivity index is 1.88. The van der Waals surface area contributed by atoms with Crippen molar-refractivity contribution in [2.45, 2.75) is 12.6 Å². The molecule has 2 aromatic carbocycles. The third kappa shape index (κ3) is 3.79. The average molecular weight is 275 g/mol. The number of hydrogen-bond donors (Lipinski definition) is 1. The minimum absolute atomic E-state index is 0.214. The van der Waals surface area contributed by atoms with E-state index in [-0.39, 0.29) is 11.8 Å². The Morgan fingerprint density at radius 3 is 2.55 bits per heavy atom. The lowest BCUT2D eigenvalue weighted by atomic mass is 10.1. The van der Waals surface area contributed by atoms with Gasteiger partial charge in [0.1, 0.15) is 0 Å². The molecule has 106 valence electrons. The molecule has 0 aromatic heterocycles. The monoisotopic (exact) mass is 275 g/mol. The second-order valence-electron chi connectivity index (χ2n) is 4.50. The van der Waals surface area contributed by atoms with Crippen molar-refractivity contribution in [3.8, 4) is 5.75 Å². The Hall–Kier alpha value is -1.91. The Bertz CT molecular complexity index is 545. The van der Waals surface area contributed by atoms with Crippen molar-refractivity contribution >= 4 is 0 Å². The summed E-state index contributed by atoms with van der Waals surface area (Å²) in [6, 6.07) is 14.2. The minimum Gasteiger partial charge on any atom is -0.494 e. The molecule has 0 aliphatic heterocycles. The number of halogens is 1. The highest BCUT2D eigenvalue weighted by molar-refractivity contribution is 5.30. The molecule has 0 saturated heterocycles. The normalized spacial score (nSPS) is 12.2. The van der Waals surface area contributed by atoms with Gasteiger partial charge in [0.05, 0.1) is 26.4 Å². The quantitative estimate of drug-likeness (QED) is 0.881. The molecule has 0 bridgehead atoms. The van der Waals surface area contributed by atoms with E-state index in [0.717, 1.165) is 5.56 Å². The first-order valence-electron chi connectivity index (χ1n) is 6.41. The Kier molecular flexibility index (Phi) is 5.09. The zero-order valence-electron chi connectivity index (χ0n) is 11.4. The van der Waals surface area contributed by atoms with Gasteiger partial charge in [0.2, 0.25) is 0 Å². The van der Waals surface area contributed by atoms with Crippen molar-refractivity contribution in [3.63, 3.8) is 0 Å². The average Bonchev–Trinajstić information content (AvgIpc) is 2.48. The Morgan fingerprint density at radius 1 is 1.15 bits per heavy atom. The lowest BCUT2D eigenvalue weighted by Crippen LogP contribution is -2.17. The summed E-state index contributed by atoms with van der Waals surface area (Å²) in [5, 5.41) is 0. The van der Waals surface area contributed by atoms with E-state index in [9.17, 15) is 4.39 Å². The second kappa shape index (κ2) is 7.03. The van der Waals surface area contributed by atoms with Crippen molar-refractivity contribution in [2.75, 3.05) is 13.7 Å². The molecule has 20 heavy (non-hydrogen) atoms. The highest BCUT2D eigenvalue weighted by Crippen LogP contribution is 2.21. The molecule has 0 aliphatic carbocycles. The van der Waals surface area contributed by atoms with Crippen molar-refractivity contribution in [1.82, 2.24) is 0 Å². The van der Waals surface area contributed by atoms with Crippen LogP contribution in [0.2, 0.25) is 0 Å². The van der Waals surface area contributed by atoms with Gasteiger partial charge in [-0.3, -0.25) is 0 Å². The Labute approximate surface area is 118 Å². The van der Waals surface area contributed by atoms with Gasteiger partial charge >= 0.3 is 0 Å². The zero-order chi connectivity index (χ0) is 14.4. The standard InChI is InChI=1S/C16H18FNO2/c1-19-16-8-7-13(9-14(16)17)15(18)11-20-10-12-5-3-2-4-6-12/h2-9,15H,10-11,18H2,1H3. The number of rotatable bonds is 6. The number of methoxy groups -OCH3 is 1. The van der Waals surface area contributed by atoms with Crippen molar-refractivity contribution in [2.24, 2.45) is 5.73 Å². The summed E-state index contributed by atoms with van der Waals surface area (Å²) in [5.41, 5.74) is 7.76. The number of hydrogen-bond acceptors (Lipinski definition) is 3. The van der Waals surface area contributed by atoms with Gasteiger partial charge in [-0.05, 0) is 23.3 Å². The molecule has 2 N–H and O–H groups in total. The van der Waals surface area contributed by atoms with Gasteiger partial charge in [0, 0.05) is 0 Å². The van der Waals surface area contributed by atoms with Gasteiger partial charge in [-0.25, -0.2) is 4.39 Å². The highest BCUT2D eigenvalue weighted by Gasteiger charge is 2.10. The van der Waals surface area contributed by atoms with Crippen LogP contribution in [0.15, 0.2) is 48.5 Å². The van der Waals surface area contributed by atoms with Crippen molar-refractivity contribution < 1.29 is 13.9 Å². The van der Waals surface area contributed by atoms with Crippen LogP contribution in [0.4, 0.5) is 4.39 Å². The summed E-state index contributed by atoms with van der Waals surface area (Å²) in [6.07, 6.45) is 0. The third-order valence-corrected chi connectivity index (χ3v) is 3.01. The van der Waals surface area contributed by atoms with Crippen LogP contribution in [0, 0.1) is 5.82 Å². The molecular formula is C16H18FNO2. The first-order chi connectivity index (χ1) is 9.70. The lowest BCUT2D eigenvalue weighted by molar-refractivity contribution is 0.108. The summed E-state index contributed by atoms with van der Waals surface area (Å²) in [6.45, 7) is 0.827. The second-order valence-corrected chi connectivity index (χ2v) is 4.50. The molecule has 1 unspecified atom stereocenters. The van der Waals surface area contributed by atoms with Gasteiger partial charge < -0.3 is 15.2 Å². The van der Waals surface area contributed by atoms with E-state index in [4.69, 9.17) is 15.2 Å². The molecule has 0 aliphatic rings. The number of ether oxygens (including phenoxy) is 2. The molecule has 0 radical (unpaired) electrons. The smallest absolute Gasteiger partial charge is 0.165 e. The molecule has 1 atom stereocenters. The Morgan fingerprint density at radius 2 is 1.90 bits per heavy atom. The van der Waals surface area contributed by atoms with Gasteiger partial charge in [-0.15, -0.1) is 0 Å². The van der Waals surface area contributed by atoms with Crippen LogP contribution in [-0.4, -0.2) is 13.7 Å². The van der Waals surface area contributed by atoms with Crippen LogP contribution < -0.4 is 10.5 Å². The fourth-order valence-corrected chi connectivity index (χ4v) is 1.89. The van der Waals surface area contributed by atoms with Gasteiger partial charge in [-0.1, -0.05) is 36.4 Å². The van der Waals surface area contributed by atoms with Crippen LogP contribution in [0.1, 0.15) is 17.2 Å². The van der Waals surface area contributed by atoms with E-state index in [0.29, 0.717) is 18.8 Å². The highest BCUT2D eigenvalue weighted by atomic mass is 19.1. The first kappa shape index (κ1) is 14.5. The molecule has 3 nitrogen and oxygen atoms in total. The van der Waals surface area contributed by atoms with Crippen LogP contribution in [0.25, 0.3) is 0 Å². The predicted octanol–water partition coefficient (Wildman–Crippen LogP) is 3.05. The van der Waals surface area contributed by atoms with Gasteiger partial charge in [0.25, 0.3) is 0 Å². The molecule has 0 amide bonds. The maximum atomic E-state index is 13.6. The molecule has 0 heterocycles. The predicted molar refractivity (Wildman–Crippen MR) is 76.0 cm³/mol. The van der Waals surface area contributed by atoms with Crippen molar-refractivity contribution in [1.29, 1.82) is 0 Å². The summed E-state index contributed by atoms with van der Waals surface area (Å²) < 4.78 is 24.0. The summed E-state index contributed by atoms with van der Waals surface area (Å²) >= 11 is 0. The summed E-state index contributed by atoms with van der Waals surface area (Å²) in [7, 11) is 1.43. The third-order valence-electron chi connectivity index (χ3n) is 3.01. The molecule has 2 rings (SSSR count). The largest absolute Gasteiger partial charge is 0.494 e. The van der Waals surface area contributed by atoms with E-state index in [2.05, 4.69) is 0 Å². The van der Waals surface area contributed by atoms with Gasteiger partial charge in [-0.2, -0.15) is 0 Å². The fourth-order valence-electron chi connectivity index (χ4n) is 1.89. The lowest BCUT2D eigenvalue weighted by Gasteiger charge is -2.13.